The van der Waals surface area contributed by atoms with Crippen LogP contribution in [0.1, 0.15) is 19.0 Å². The van der Waals surface area contributed by atoms with Crippen molar-refractivity contribution in [2.75, 3.05) is 24.4 Å². The SMILES string of the molecule is CCOc1cc2c(Oc3cccc(NC(=O)Nc4cc(C(F)F)nn4-c4ccccc4)c3)ncnc2cc1OC. The Balaban J connectivity index is 1.35. The molecule has 0 radical (unpaired) electrons. The van der Waals surface area contributed by atoms with E-state index < -0.39 is 18.2 Å². The molecule has 3 aromatic carbocycles. The molecular weight excluding hydrogens is 522 g/mol. The molecule has 204 valence electrons. The quantitative estimate of drug-likeness (QED) is 0.214. The van der Waals surface area contributed by atoms with Gasteiger partial charge in [0.05, 0.1) is 30.3 Å². The smallest absolute Gasteiger partial charge is 0.324 e. The first-order chi connectivity index (χ1) is 19.4. The molecule has 0 aliphatic heterocycles. The number of rotatable bonds is 9. The molecular formula is C28H24F2N6O4. The summed E-state index contributed by atoms with van der Waals surface area (Å²) in [6, 6.07) is 19.2. The highest BCUT2D eigenvalue weighted by atomic mass is 19.3. The van der Waals surface area contributed by atoms with Crippen molar-refractivity contribution < 1.29 is 27.8 Å². The van der Waals surface area contributed by atoms with Crippen LogP contribution in [0.4, 0.5) is 25.1 Å². The first kappa shape index (κ1) is 26.4. The van der Waals surface area contributed by atoms with Crippen molar-refractivity contribution >= 4 is 28.4 Å². The maximum Gasteiger partial charge on any atom is 0.324 e. The van der Waals surface area contributed by atoms with Crippen molar-refractivity contribution in [3.8, 4) is 28.8 Å². The number of amides is 2. The summed E-state index contributed by atoms with van der Waals surface area (Å²) in [6.45, 7) is 2.31. The molecule has 2 amide bonds. The van der Waals surface area contributed by atoms with E-state index in [0.29, 0.717) is 46.1 Å². The second-order valence-corrected chi connectivity index (χ2v) is 8.34. The summed E-state index contributed by atoms with van der Waals surface area (Å²) in [5.41, 5.74) is 1.04. The van der Waals surface area contributed by atoms with Gasteiger partial charge in [0, 0.05) is 23.9 Å². The highest BCUT2D eigenvalue weighted by Crippen LogP contribution is 2.36. The summed E-state index contributed by atoms with van der Waals surface area (Å²) in [5, 5.41) is 9.80. The van der Waals surface area contributed by atoms with E-state index in [1.165, 1.54) is 11.0 Å². The number of fused-ring (bicyclic) bond motifs is 1. The van der Waals surface area contributed by atoms with Gasteiger partial charge in [0.1, 0.15) is 23.6 Å². The maximum absolute atomic E-state index is 13.3. The van der Waals surface area contributed by atoms with Gasteiger partial charge in [0.2, 0.25) is 5.88 Å². The van der Waals surface area contributed by atoms with E-state index in [-0.39, 0.29) is 11.7 Å². The molecule has 5 rings (SSSR count). The number of nitrogens with zero attached hydrogens (tertiary/aromatic N) is 4. The van der Waals surface area contributed by atoms with Crippen molar-refractivity contribution in [2.24, 2.45) is 0 Å². The van der Waals surface area contributed by atoms with Gasteiger partial charge in [-0.2, -0.15) is 5.10 Å². The molecule has 0 spiro atoms. The fraction of sp³-hybridized carbons (Fsp3) is 0.143. The molecule has 0 fully saturated rings. The highest BCUT2D eigenvalue weighted by Gasteiger charge is 2.18. The zero-order valence-corrected chi connectivity index (χ0v) is 21.5. The molecule has 0 bridgehead atoms. The minimum Gasteiger partial charge on any atom is -0.493 e. The van der Waals surface area contributed by atoms with Gasteiger partial charge < -0.3 is 19.5 Å². The summed E-state index contributed by atoms with van der Waals surface area (Å²) < 4.78 is 45.0. The van der Waals surface area contributed by atoms with Crippen LogP contribution in [0, 0.1) is 0 Å². The van der Waals surface area contributed by atoms with Crippen LogP contribution in [-0.4, -0.2) is 39.5 Å². The number of carbonyl (C=O) groups excluding carboxylic acids is 1. The van der Waals surface area contributed by atoms with Crippen molar-refractivity contribution in [3.63, 3.8) is 0 Å². The van der Waals surface area contributed by atoms with Gasteiger partial charge in [-0.05, 0) is 37.3 Å². The number of methoxy groups -OCH3 is 1. The Hall–Kier alpha value is -5.26. The van der Waals surface area contributed by atoms with Crippen molar-refractivity contribution in [1.29, 1.82) is 0 Å². The predicted molar refractivity (Wildman–Crippen MR) is 145 cm³/mol. The first-order valence-electron chi connectivity index (χ1n) is 12.2. The molecule has 0 saturated carbocycles. The normalized spacial score (nSPS) is 10.9. The summed E-state index contributed by atoms with van der Waals surface area (Å²) in [4.78, 5) is 21.4. The first-order valence-corrected chi connectivity index (χ1v) is 12.2. The fourth-order valence-electron chi connectivity index (χ4n) is 3.94. The number of carbonyl (C=O) groups is 1. The van der Waals surface area contributed by atoms with E-state index in [1.54, 1.807) is 73.8 Å². The van der Waals surface area contributed by atoms with Crippen LogP contribution in [0.2, 0.25) is 0 Å². The average Bonchev–Trinajstić information content (AvgIpc) is 3.38. The molecule has 2 aromatic heterocycles. The molecule has 0 atom stereocenters. The molecule has 0 aliphatic rings. The lowest BCUT2D eigenvalue weighted by molar-refractivity contribution is 0.145. The molecule has 0 saturated heterocycles. The van der Waals surface area contributed by atoms with E-state index in [9.17, 15) is 13.6 Å². The number of ether oxygens (including phenoxy) is 3. The molecule has 5 aromatic rings. The number of hydrogen-bond acceptors (Lipinski definition) is 7. The predicted octanol–water partition coefficient (Wildman–Crippen LogP) is 6.60. The van der Waals surface area contributed by atoms with Crippen LogP contribution in [0.25, 0.3) is 16.6 Å². The zero-order chi connectivity index (χ0) is 28.1. The number of alkyl halides is 2. The minimum atomic E-state index is -2.80. The summed E-state index contributed by atoms with van der Waals surface area (Å²) >= 11 is 0. The third-order valence-corrected chi connectivity index (χ3v) is 5.68. The van der Waals surface area contributed by atoms with E-state index in [1.807, 2.05) is 6.92 Å². The van der Waals surface area contributed by atoms with Gasteiger partial charge >= 0.3 is 6.03 Å². The van der Waals surface area contributed by atoms with Gasteiger partial charge in [0.15, 0.2) is 11.5 Å². The largest absolute Gasteiger partial charge is 0.493 e. The Morgan fingerprint density at radius 1 is 0.975 bits per heavy atom. The summed E-state index contributed by atoms with van der Waals surface area (Å²) in [7, 11) is 1.55. The standard InChI is InChI=1S/C28H24F2N6O4/c1-3-39-24-13-20-21(14-23(24)38-2)31-16-32-27(20)40-19-11-7-8-17(12-19)33-28(37)34-25-15-22(26(29)30)35-36(25)18-9-5-4-6-10-18/h4-16,26H,3H2,1-2H3,(H2,33,34,37). The average molecular weight is 547 g/mol. The van der Waals surface area contributed by atoms with Crippen LogP contribution >= 0.6 is 0 Å². The maximum atomic E-state index is 13.3. The Morgan fingerprint density at radius 3 is 2.55 bits per heavy atom. The summed E-state index contributed by atoms with van der Waals surface area (Å²) in [5.74, 6) is 1.81. The van der Waals surface area contributed by atoms with Crippen molar-refractivity contribution in [2.45, 2.75) is 13.3 Å². The monoisotopic (exact) mass is 546 g/mol. The molecule has 2 N–H and O–H groups in total. The topological polar surface area (TPSA) is 112 Å². The lowest BCUT2D eigenvalue weighted by atomic mass is 10.2. The van der Waals surface area contributed by atoms with Gasteiger partial charge in [-0.25, -0.2) is 28.2 Å². The number of nitrogens with one attached hydrogen (secondary N) is 2. The van der Waals surface area contributed by atoms with Gasteiger partial charge in [-0.1, -0.05) is 24.3 Å². The molecule has 0 unspecified atom stereocenters. The number of benzene rings is 3. The number of para-hydroxylation sites is 1. The van der Waals surface area contributed by atoms with Crippen molar-refractivity contribution in [3.05, 3.63) is 84.8 Å². The fourth-order valence-corrected chi connectivity index (χ4v) is 3.94. The Morgan fingerprint density at radius 2 is 1.80 bits per heavy atom. The third-order valence-electron chi connectivity index (χ3n) is 5.68. The molecule has 12 heteroatoms. The number of halogens is 2. The Kier molecular flexibility index (Phi) is 7.67. The lowest BCUT2D eigenvalue weighted by Crippen LogP contribution is -2.21. The molecule has 40 heavy (non-hydrogen) atoms. The Bertz CT molecular complexity index is 1650. The van der Waals surface area contributed by atoms with Crippen LogP contribution in [0.3, 0.4) is 0 Å². The van der Waals surface area contributed by atoms with E-state index in [2.05, 4.69) is 25.7 Å². The van der Waals surface area contributed by atoms with Crippen LogP contribution < -0.4 is 24.8 Å². The van der Waals surface area contributed by atoms with Gasteiger partial charge in [-0.15, -0.1) is 0 Å². The van der Waals surface area contributed by atoms with Crippen LogP contribution in [-0.2, 0) is 0 Å². The third kappa shape index (κ3) is 5.75. The number of urea groups is 1. The number of hydrogen-bond donors (Lipinski definition) is 2. The van der Waals surface area contributed by atoms with Gasteiger partial charge in [0.25, 0.3) is 6.43 Å². The number of aromatic nitrogens is 4. The zero-order valence-electron chi connectivity index (χ0n) is 21.5. The minimum absolute atomic E-state index is 0.0828. The lowest BCUT2D eigenvalue weighted by Gasteiger charge is -2.13. The van der Waals surface area contributed by atoms with E-state index >= 15 is 0 Å². The second-order valence-electron chi connectivity index (χ2n) is 8.34. The van der Waals surface area contributed by atoms with Crippen molar-refractivity contribution in [1.82, 2.24) is 19.7 Å². The molecule has 2 heterocycles. The molecule has 10 nitrogen and oxygen atoms in total. The number of anilines is 2. The Labute approximate surface area is 227 Å². The van der Waals surface area contributed by atoms with E-state index in [4.69, 9.17) is 14.2 Å². The van der Waals surface area contributed by atoms with Crippen LogP contribution in [0.15, 0.2) is 79.1 Å². The summed E-state index contributed by atoms with van der Waals surface area (Å²) in [6.07, 6.45) is -1.43. The highest BCUT2D eigenvalue weighted by molar-refractivity contribution is 5.99. The van der Waals surface area contributed by atoms with E-state index in [0.717, 1.165) is 6.07 Å². The van der Waals surface area contributed by atoms with Crippen LogP contribution in [0.5, 0.6) is 23.1 Å². The van der Waals surface area contributed by atoms with Gasteiger partial charge in [-0.3, -0.25) is 5.32 Å². The second kappa shape index (κ2) is 11.6. The molecule has 0 aliphatic carbocycles.